The number of rotatable bonds is 10. The minimum absolute atomic E-state index is 0.288. The first kappa shape index (κ1) is 20.2. The maximum Gasteiger partial charge on any atom is 0.214 e. The van der Waals surface area contributed by atoms with Crippen molar-refractivity contribution in [2.24, 2.45) is 10.9 Å². The highest BCUT2D eigenvalue weighted by Gasteiger charge is 2.27. The van der Waals surface area contributed by atoms with Crippen LogP contribution < -0.4 is 10.6 Å². The van der Waals surface area contributed by atoms with Crippen LogP contribution in [0.25, 0.3) is 0 Å². The van der Waals surface area contributed by atoms with Gasteiger partial charge in [-0.05, 0) is 18.8 Å². The highest BCUT2D eigenvalue weighted by molar-refractivity contribution is 7.89. The van der Waals surface area contributed by atoms with Crippen molar-refractivity contribution in [1.82, 2.24) is 14.9 Å². The Hall–Kier alpha value is -0.820. The van der Waals surface area contributed by atoms with Crippen LogP contribution in [0.3, 0.4) is 0 Å². The van der Waals surface area contributed by atoms with Crippen molar-refractivity contribution in [3.63, 3.8) is 0 Å². The summed E-state index contributed by atoms with van der Waals surface area (Å²) in [6, 6.07) is 0. The van der Waals surface area contributed by atoms with Gasteiger partial charge in [0.15, 0.2) is 5.96 Å². The molecule has 6 nitrogen and oxygen atoms in total. The first-order chi connectivity index (χ1) is 11.0. The summed E-state index contributed by atoms with van der Waals surface area (Å²) < 4.78 is 25.0. The van der Waals surface area contributed by atoms with Crippen LogP contribution in [0, 0.1) is 5.92 Å². The fraction of sp³-hybridized carbons (Fsp3) is 0.938. The number of hydrogen-bond acceptors (Lipinski definition) is 3. The lowest BCUT2D eigenvalue weighted by atomic mass is 10.0. The van der Waals surface area contributed by atoms with Crippen LogP contribution in [0.2, 0.25) is 0 Å². The van der Waals surface area contributed by atoms with E-state index in [0.29, 0.717) is 19.6 Å². The number of nitrogens with one attached hydrogen (secondary N) is 2. The smallest absolute Gasteiger partial charge is 0.214 e. The van der Waals surface area contributed by atoms with Crippen molar-refractivity contribution in [3.05, 3.63) is 0 Å². The molecule has 0 spiro atoms. The number of guanidine groups is 1. The fourth-order valence-electron chi connectivity index (χ4n) is 2.70. The third-order valence-electron chi connectivity index (χ3n) is 4.08. The Balaban J connectivity index is 2.06. The molecule has 1 rings (SSSR count). The standard InChI is InChI=1S/C16H34N4O2S/c1-15(2)9-6-4-5-7-10-18-16(17-3)19-11-13-20-12-8-14-23(20,21)22/h15H,4-14H2,1-3H3,(H2,17,18,19). The summed E-state index contributed by atoms with van der Waals surface area (Å²) in [5.74, 6) is 1.84. The minimum atomic E-state index is -2.99. The van der Waals surface area contributed by atoms with Gasteiger partial charge in [-0.15, -0.1) is 0 Å². The first-order valence-electron chi connectivity index (χ1n) is 8.88. The van der Waals surface area contributed by atoms with Crippen molar-refractivity contribution in [3.8, 4) is 0 Å². The van der Waals surface area contributed by atoms with Gasteiger partial charge in [0.25, 0.3) is 0 Å². The number of hydrogen-bond donors (Lipinski definition) is 2. The second-order valence-electron chi connectivity index (χ2n) is 6.59. The van der Waals surface area contributed by atoms with E-state index in [-0.39, 0.29) is 5.75 Å². The van der Waals surface area contributed by atoms with Gasteiger partial charge >= 0.3 is 0 Å². The van der Waals surface area contributed by atoms with E-state index in [1.807, 2.05) is 0 Å². The van der Waals surface area contributed by atoms with Gasteiger partial charge in [-0.2, -0.15) is 0 Å². The molecule has 0 aliphatic carbocycles. The molecule has 0 bridgehead atoms. The Morgan fingerprint density at radius 3 is 2.43 bits per heavy atom. The van der Waals surface area contributed by atoms with E-state index >= 15 is 0 Å². The Kier molecular flexibility index (Phi) is 9.55. The molecule has 1 fully saturated rings. The van der Waals surface area contributed by atoms with Gasteiger partial charge in [-0.25, -0.2) is 12.7 Å². The Morgan fingerprint density at radius 2 is 1.83 bits per heavy atom. The summed E-state index contributed by atoms with van der Waals surface area (Å²) in [6.07, 6.45) is 7.04. The van der Waals surface area contributed by atoms with Crippen LogP contribution in [0.1, 0.15) is 52.4 Å². The molecule has 1 saturated heterocycles. The SMILES string of the molecule is CN=C(NCCCCCCC(C)C)NCCN1CCCS1(=O)=O. The van der Waals surface area contributed by atoms with E-state index in [9.17, 15) is 8.42 Å². The molecule has 1 heterocycles. The highest BCUT2D eigenvalue weighted by Crippen LogP contribution is 2.11. The molecule has 0 atom stereocenters. The van der Waals surface area contributed by atoms with E-state index < -0.39 is 10.0 Å². The van der Waals surface area contributed by atoms with Gasteiger partial charge in [-0.3, -0.25) is 4.99 Å². The quantitative estimate of drug-likeness (QED) is 0.359. The summed E-state index contributed by atoms with van der Waals surface area (Å²) in [5.41, 5.74) is 0. The number of unbranched alkanes of at least 4 members (excludes halogenated alkanes) is 3. The molecule has 0 amide bonds. The molecule has 136 valence electrons. The summed E-state index contributed by atoms with van der Waals surface area (Å²) in [7, 11) is -1.25. The van der Waals surface area contributed by atoms with Crippen molar-refractivity contribution in [2.45, 2.75) is 52.4 Å². The minimum Gasteiger partial charge on any atom is -0.356 e. The molecule has 0 aromatic rings. The second kappa shape index (κ2) is 10.9. The maximum absolute atomic E-state index is 11.7. The Bertz CT molecular complexity index is 449. The lowest BCUT2D eigenvalue weighted by Gasteiger charge is -2.16. The molecule has 23 heavy (non-hydrogen) atoms. The lowest BCUT2D eigenvalue weighted by molar-refractivity contribution is 0.445. The van der Waals surface area contributed by atoms with Crippen LogP contribution in [0.5, 0.6) is 0 Å². The van der Waals surface area contributed by atoms with Gasteiger partial charge in [0.2, 0.25) is 10.0 Å². The second-order valence-corrected chi connectivity index (χ2v) is 8.68. The van der Waals surface area contributed by atoms with Gasteiger partial charge in [-0.1, -0.05) is 39.5 Å². The zero-order valence-corrected chi connectivity index (χ0v) is 15.8. The molecule has 1 aliphatic rings. The van der Waals surface area contributed by atoms with Crippen LogP contribution >= 0.6 is 0 Å². The van der Waals surface area contributed by atoms with Crippen LogP contribution in [0.15, 0.2) is 4.99 Å². The van der Waals surface area contributed by atoms with E-state index in [0.717, 1.165) is 31.3 Å². The zero-order valence-electron chi connectivity index (χ0n) is 15.0. The number of aliphatic imine (C=N–C) groups is 1. The van der Waals surface area contributed by atoms with Gasteiger partial charge in [0, 0.05) is 33.2 Å². The number of sulfonamides is 1. The maximum atomic E-state index is 11.7. The normalized spacial score (nSPS) is 18.5. The molecular weight excluding hydrogens is 312 g/mol. The summed E-state index contributed by atoms with van der Waals surface area (Å²) >= 11 is 0. The van der Waals surface area contributed by atoms with E-state index in [4.69, 9.17) is 0 Å². The lowest BCUT2D eigenvalue weighted by Crippen LogP contribution is -2.42. The first-order valence-corrected chi connectivity index (χ1v) is 10.5. The molecule has 0 radical (unpaired) electrons. The Morgan fingerprint density at radius 1 is 1.13 bits per heavy atom. The van der Waals surface area contributed by atoms with Gasteiger partial charge in [0.05, 0.1) is 5.75 Å². The average Bonchev–Trinajstić information content (AvgIpc) is 2.83. The predicted octanol–water partition coefficient (Wildman–Crippen LogP) is 1.79. The zero-order chi connectivity index (χ0) is 17.1. The molecule has 0 aromatic heterocycles. The van der Waals surface area contributed by atoms with E-state index in [2.05, 4.69) is 29.5 Å². The third kappa shape index (κ3) is 8.55. The average molecular weight is 347 g/mol. The molecule has 0 saturated carbocycles. The highest BCUT2D eigenvalue weighted by atomic mass is 32.2. The monoisotopic (exact) mass is 346 g/mol. The fourth-order valence-corrected chi connectivity index (χ4v) is 4.23. The van der Waals surface area contributed by atoms with Crippen molar-refractivity contribution >= 4 is 16.0 Å². The molecular formula is C16H34N4O2S. The van der Waals surface area contributed by atoms with Crippen molar-refractivity contribution in [1.29, 1.82) is 0 Å². The Labute approximate surface area is 142 Å². The molecule has 2 N–H and O–H groups in total. The van der Waals surface area contributed by atoms with Crippen LogP contribution in [-0.2, 0) is 10.0 Å². The predicted molar refractivity (Wildman–Crippen MR) is 97.3 cm³/mol. The molecule has 0 unspecified atom stereocenters. The third-order valence-corrected chi connectivity index (χ3v) is 6.04. The van der Waals surface area contributed by atoms with E-state index in [1.54, 1.807) is 11.4 Å². The number of nitrogens with zero attached hydrogens (tertiary/aromatic N) is 2. The van der Waals surface area contributed by atoms with Crippen molar-refractivity contribution < 1.29 is 8.42 Å². The van der Waals surface area contributed by atoms with Crippen molar-refractivity contribution in [2.75, 3.05) is 39.0 Å². The summed E-state index contributed by atoms with van der Waals surface area (Å²) in [4.78, 5) is 4.17. The van der Waals surface area contributed by atoms with Crippen LogP contribution in [0.4, 0.5) is 0 Å². The topological polar surface area (TPSA) is 73.8 Å². The molecule has 0 aromatic carbocycles. The van der Waals surface area contributed by atoms with Gasteiger partial charge in [0.1, 0.15) is 0 Å². The van der Waals surface area contributed by atoms with E-state index in [1.165, 1.54) is 25.7 Å². The van der Waals surface area contributed by atoms with Gasteiger partial charge < -0.3 is 10.6 Å². The molecule has 1 aliphatic heterocycles. The summed E-state index contributed by atoms with van der Waals surface area (Å²) in [5, 5.41) is 6.47. The molecule has 7 heteroatoms. The summed E-state index contributed by atoms with van der Waals surface area (Å²) in [6.45, 7) is 7.19. The van der Waals surface area contributed by atoms with Crippen LogP contribution in [-0.4, -0.2) is 57.7 Å². The largest absolute Gasteiger partial charge is 0.356 e.